The molecule has 1 N–H and O–H groups in total. The number of benzene rings is 2. The number of nitrogens with one attached hydrogen (secondary N) is 1. The number of rotatable bonds is 11. The molecular weight excluding hydrogens is 398 g/mol. The number of nitriles is 1. The summed E-state index contributed by atoms with van der Waals surface area (Å²) in [6.07, 6.45) is 1.81. The molecule has 3 aromatic rings. The average molecular weight is 431 g/mol. The third-order valence-electron chi connectivity index (χ3n) is 5.55. The summed E-state index contributed by atoms with van der Waals surface area (Å²) < 4.78 is 5.76. The predicted molar refractivity (Wildman–Crippen MR) is 125 cm³/mol. The van der Waals surface area contributed by atoms with Crippen molar-refractivity contribution < 1.29 is 14.1 Å². The van der Waals surface area contributed by atoms with Gasteiger partial charge in [0.05, 0.1) is 24.7 Å². The Morgan fingerprint density at radius 2 is 1.78 bits per heavy atom. The Balaban J connectivity index is 1.69. The van der Waals surface area contributed by atoms with E-state index in [1.165, 1.54) is 10.5 Å². The molecule has 5 nitrogen and oxygen atoms in total. The minimum atomic E-state index is 0.132. The molecular formula is C27H32N3O2+. The van der Waals surface area contributed by atoms with E-state index in [4.69, 9.17) is 9.68 Å². The maximum Gasteiger partial charge on any atom is 0.278 e. The molecule has 5 heteroatoms. The zero-order valence-electron chi connectivity index (χ0n) is 19.0. The van der Waals surface area contributed by atoms with Gasteiger partial charge >= 0.3 is 0 Å². The predicted octanol–water partition coefficient (Wildman–Crippen LogP) is 3.53. The molecule has 0 aliphatic heterocycles. The van der Waals surface area contributed by atoms with Crippen LogP contribution in [0.15, 0.2) is 71.1 Å². The quantitative estimate of drug-likeness (QED) is 0.506. The van der Waals surface area contributed by atoms with E-state index in [2.05, 4.69) is 25.1 Å². The molecule has 1 heterocycles. The van der Waals surface area contributed by atoms with Crippen molar-refractivity contribution in [3.8, 4) is 6.07 Å². The summed E-state index contributed by atoms with van der Waals surface area (Å²) in [7, 11) is 0. The highest BCUT2D eigenvalue weighted by molar-refractivity contribution is 5.77. The lowest BCUT2D eigenvalue weighted by atomic mass is 10.1. The molecule has 1 amide bonds. The van der Waals surface area contributed by atoms with E-state index >= 15 is 0 Å². The minimum Gasteiger partial charge on any atom is -0.464 e. The zero-order chi connectivity index (χ0) is 22.8. The lowest BCUT2D eigenvalue weighted by Crippen LogP contribution is -3.11. The van der Waals surface area contributed by atoms with Crippen molar-refractivity contribution >= 4 is 5.91 Å². The Kier molecular flexibility index (Phi) is 8.65. The van der Waals surface area contributed by atoms with Crippen molar-refractivity contribution in [3.63, 3.8) is 0 Å². The SMILES string of the molecule is CCC[NH+](CC(=O)N(CCc1ccccc1)Cc1ccc(C)o1)Cc1ccc(C#N)cc1. The summed E-state index contributed by atoms with van der Waals surface area (Å²) >= 11 is 0. The summed E-state index contributed by atoms with van der Waals surface area (Å²) in [6.45, 7) is 7.30. The topological polar surface area (TPSA) is 61.7 Å². The fourth-order valence-electron chi connectivity index (χ4n) is 3.86. The second-order valence-corrected chi connectivity index (χ2v) is 8.23. The number of amides is 1. The Bertz CT molecular complexity index is 1020. The van der Waals surface area contributed by atoms with E-state index in [9.17, 15) is 4.79 Å². The molecule has 2 aromatic carbocycles. The van der Waals surface area contributed by atoms with Crippen molar-refractivity contribution in [2.75, 3.05) is 19.6 Å². The molecule has 0 radical (unpaired) electrons. The van der Waals surface area contributed by atoms with Crippen molar-refractivity contribution in [2.45, 2.75) is 39.8 Å². The third kappa shape index (κ3) is 7.11. The van der Waals surface area contributed by atoms with Crippen LogP contribution in [0.5, 0.6) is 0 Å². The van der Waals surface area contributed by atoms with Gasteiger partial charge in [0.2, 0.25) is 0 Å². The standard InChI is InChI=1S/C27H31N3O2/c1-3-16-29(19-25-12-10-24(18-28)11-13-25)21-27(31)30(20-26-14-9-22(2)32-26)17-15-23-7-5-4-6-8-23/h4-14H,3,15-17,19-21H2,1-2H3/p+1. The first-order valence-electron chi connectivity index (χ1n) is 11.3. The van der Waals surface area contributed by atoms with Crippen LogP contribution in [-0.2, 0) is 24.3 Å². The fourth-order valence-corrected chi connectivity index (χ4v) is 3.86. The van der Waals surface area contributed by atoms with Gasteiger partial charge in [-0.3, -0.25) is 4.79 Å². The molecule has 0 spiro atoms. The smallest absolute Gasteiger partial charge is 0.278 e. The Morgan fingerprint density at radius 3 is 2.41 bits per heavy atom. The van der Waals surface area contributed by atoms with Crippen molar-refractivity contribution in [1.82, 2.24) is 4.90 Å². The molecule has 1 atom stereocenters. The average Bonchev–Trinajstić information content (AvgIpc) is 3.22. The molecule has 32 heavy (non-hydrogen) atoms. The minimum absolute atomic E-state index is 0.132. The van der Waals surface area contributed by atoms with Crippen molar-refractivity contribution in [2.24, 2.45) is 0 Å². The van der Waals surface area contributed by atoms with Crippen LogP contribution in [0.3, 0.4) is 0 Å². The lowest BCUT2D eigenvalue weighted by molar-refractivity contribution is -0.906. The van der Waals surface area contributed by atoms with E-state index in [-0.39, 0.29) is 5.91 Å². The van der Waals surface area contributed by atoms with Crippen molar-refractivity contribution in [3.05, 3.63) is 94.9 Å². The van der Waals surface area contributed by atoms with Gasteiger partial charge in [-0.25, -0.2) is 0 Å². The van der Waals surface area contributed by atoms with E-state index in [0.29, 0.717) is 25.2 Å². The van der Waals surface area contributed by atoms with E-state index in [0.717, 1.165) is 43.0 Å². The number of furan rings is 1. The lowest BCUT2D eigenvalue weighted by Gasteiger charge is -2.25. The highest BCUT2D eigenvalue weighted by Crippen LogP contribution is 2.11. The number of carbonyl (C=O) groups excluding carboxylic acids is 1. The van der Waals surface area contributed by atoms with Crippen LogP contribution in [-0.4, -0.2) is 30.4 Å². The highest BCUT2D eigenvalue weighted by Gasteiger charge is 2.21. The van der Waals surface area contributed by atoms with Crippen LogP contribution in [0.2, 0.25) is 0 Å². The first kappa shape index (κ1) is 23.3. The van der Waals surface area contributed by atoms with Gasteiger partial charge in [-0.05, 0) is 49.6 Å². The molecule has 3 rings (SSSR count). The van der Waals surface area contributed by atoms with Crippen LogP contribution in [0.4, 0.5) is 0 Å². The van der Waals surface area contributed by atoms with E-state index in [1.807, 2.05) is 66.4 Å². The van der Waals surface area contributed by atoms with E-state index in [1.54, 1.807) is 0 Å². The summed E-state index contributed by atoms with van der Waals surface area (Å²) in [5.74, 6) is 1.80. The molecule has 166 valence electrons. The van der Waals surface area contributed by atoms with E-state index < -0.39 is 0 Å². The van der Waals surface area contributed by atoms with Crippen LogP contribution in [0.1, 0.15) is 41.6 Å². The van der Waals surface area contributed by atoms with Gasteiger partial charge < -0.3 is 14.2 Å². The van der Waals surface area contributed by atoms with Gasteiger partial charge in [0.15, 0.2) is 6.54 Å². The Labute approximate surface area is 190 Å². The van der Waals surface area contributed by atoms with Gasteiger partial charge in [0.1, 0.15) is 18.1 Å². The number of nitrogens with zero attached hydrogens (tertiary/aromatic N) is 2. The number of hydrogen-bond acceptors (Lipinski definition) is 3. The maximum atomic E-state index is 13.4. The number of hydrogen-bond donors (Lipinski definition) is 1. The summed E-state index contributed by atoms with van der Waals surface area (Å²) in [5, 5.41) is 9.02. The largest absolute Gasteiger partial charge is 0.464 e. The zero-order valence-corrected chi connectivity index (χ0v) is 19.0. The third-order valence-corrected chi connectivity index (χ3v) is 5.55. The van der Waals surface area contributed by atoms with Crippen LogP contribution in [0, 0.1) is 18.3 Å². The molecule has 0 aliphatic rings. The normalized spacial score (nSPS) is 11.7. The second-order valence-electron chi connectivity index (χ2n) is 8.23. The molecule has 0 saturated carbocycles. The molecule has 0 saturated heterocycles. The van der Waals surface area contributed by atoms with Crippen molar-refractivity contribution in [1.29, 1.82) is 5.26 Å². The summed E-state index contributed by atoms with van der Waals surface area (Å²) in [5.41, 5.74) is 3.01. The summed E-state index contributed by atoms with van der Waals surface area (Å²) in [4.78, 5) is 16.5. The molecule has 0 bridgehead atoms. The number of carbonyl (C=O) groups is 1. The first-order chi connectivity index (χ1) is 15.6. The molecule has 0 fully saturated rings. The number of aryl methyl sites for hydroxylation is 1. The fraction of sp³-hybridized carbons (Fsp3) is 0.333. The molecule has 1 aromatic heterocycles. The van der Waals surface area contributed by atoms with Gasteiger partial charge in [0.25, 0.3) is 5.91 Å². The number of quaternary nitrogens is 1. The highest BCUT2D eigenvalue weighted by atomic mass is 16.3. The van der Waals surface area contributed by atoms with Crippen LogP contribution >= 0.6 is 0 Å². The first-order valence-corrected chi connectivity index (χ1v) is 11.3. The Hall–Kier alpha value is -3.36. The van der Waals surface area contributed by atoms with Gasteiger partial charge in [0, 0.05) is 12.1 Å². The summed E-state index contributed by atoms with van der Waals surface area (Å²) in [6, 6.07) is 24.0. The molecule has 1 unspecified atom stereocenters. The van der Waals surface area contributed by atoms with Gasteiger partial charge in [-0.1, -0.05) is 49.4 Å². The van der Waals surface area contributed by atoms with Crippen LogP contribution in [0.25, 0.3) is 0 Å². The Morgan fingerprint density at radius 1 is 1.03 bits per heavy atom. The maximum absolute atomic E-state index is 13.4. The van der Waals surface area contributed by atoms with Gasteiger partial charge in [-0.2, -0.15) is 5.26 Å². The molecule has 0 aliphatic carbocycles. The monoisotopic (exact) mass is 430 g/mol. The van der Waals surface area contributed by atoms with Gasteiger partial charge in [-0.15, -0.1) is 0 Å². The second kappa shape index (κ2) is 11.9. The van der Waals surface area contributed by atoms with Crippen LogP contribution < -0.4 is 4.90 Å².